The molecule has 3 unspecified atom stereocenters. The lowest BCUT2D eigenvalue weighted by Crippen LogP contribution is -2.38. The van der Waals surface area contributed by atoms with E-state index in [0.717, 1.165) is 30.8 Å². The number of nitrogens with one attached hydrogen (secondary N) is 1. The molecule has 0 aromatic carbocycles. The number of hydrogen-bond donors (Lipinski definition) is 2. The lowest BCUT2D eigenvalue weighted by molar-refractivity contribution is 0.186. The van der Waals surface area contributed by atoms with Crippen molar-refractivity contribution >= 4 is 0 Å². The highest BCUT2D eigenvalue weighted by Crippen LogP contribution is 2.59. The first-order valence-corrected chi connectivity index (χ1v) is 5.83. The molecule has 0 radical (unpaired) electrons. The summed E-state index contributed by atoms with van der Waals surface area (Å²) >= 11 is 0. The topological polar surface area (TPSA) is 47.3 Å². The van der Waals surface area contributed by atoms with E-state index in [1.807, 2.05) is 0 Å². The first-order valence-electron chi connectivity index (χ1n) is 5.83. The van der Waals surface area contributed by atoms with Crippen LogP contribution in [0, 0.1) is 17.8 Å². The zero-order valence-electron chi connectivity index (χ0n) is 9.04. The average molecular weight is 198 g/mol. The molecular formula is C11H22N2O. The van der Waals surface area contributed by atoms with E-state index in [1.165, 1.54) is 25.7 Å². The third kappa shape index (κ3) is 1.95. The van der Waals surface area contributed by atoms with E-state index in [9.17, 15) is 0 Å². The highest BCUT2D eigenvalue weighted by atomic mass is 16.5. The monoisotopic (exact) mass is 198 g/mol. The minimum atomic E-state index is 0.542. The van der Waals surface area contributed by atoms with Crippen LogP contribution in [0.1, 0.15) is 32.1 Å². The first-order chi connectivity index (χ1) is 6.88. The Bertz CT molecular complexity index is 176. The van der Waals surface area contributed by atoms with Gasteiger partial charge in [-0.3, -0.25) is 11.3 Å². The van der Waals surface area contributed by atoms with Crippen LogP contribution in [0.3, 0.4) is 0 Å². The molecule has 0 bridgehead atoms. The fourth-order valence-electron chi connectivity index (χ4n) is 3.31. The fraction of sp³-hybridized carbons (Fsp3) is 1.00. The molecule has 3 heteroatoms. The van der Waals surface area contributed by atoms with Crippen LogP contribution in [0.5, 0.6) is 0 Å². The van der Waals surface area contributed by atoms with Gasteiger partial charge in [0.15, 0.2) is 0 Å². The molecule has 2 saturated carbocycles. The minimum absolute atomic E-state index is 0.542. The molecule has 0 aromatic rings. The van der Waals surface area contributed by atoms with E-state index >= 15 is 0 Å². The van der Waals surface area contributed by atoms with E-state index in [4.69, 9.17) is 10.6 Å². The molecule has 0 spiro atoms. The fourth-order valence-corrected chi connectivity index (χ4v) is 3.31. The van der Waals surface area contributed by atoms with Gasteiger partial charge >= 0.3 is 0 Å². The van der Waals surface area contributed by atoms with Crippen LogP contribution in [0.25, 0.3) is 0 Å². The van der Waals surface area contributed by atoms with Gasteiger partial charge in [-0.2, -0.15) is 0 Å². The molecule has 2 fully saturated rings. The van der Waals surface area contributed by atoms with Gasteiger partial charge in [-0.25, -0.2) is 0 Å². The molecular weight excluding hydrogens is 176 g/mol. The second kappa shape index (κ2) is 4.60. The Labute approximate surface area is 86.4 Å². The van der Waals surface area contributed by atoms with E-state index in [1.54, 1.807) is 7.11 Å². The highest BCUT2D eigenvalue weighted by Gasteiger charge is 2.55. The van der Waals surface area contributed by atoms with Crippen molar-refractivity contribution in [3.05, 3.63) is 0 Å². The summed E-state index contributed by atoms with van der Waals surface area (Å²) in [4.78, 5) is 0. The van der Waals surface area contributed by atoms with Gasteiger partial charge in [0, 0.05) is 19.8 Å². The zero-order chi connectivity index (χ0) is 9.97. The maximum atomic E-state index is 5.61. The number of methoxy groups -OCH3 is 1. The summed E-state index contributed by atoms with van der Waals surface area (Å²) in [5, 5.41) is 0. The van der Waals surface area contributed by atoms with Crippen LogP contribution in [-0.2, 0) is 4.74 Å². The predicted octanol–water partition coefficient (Wildman–Crippen LogP) is 1.29. The molecule has 82 valence electrons. The summed E-state index contributed by atoms with van der Waals surface area (Å²) in [6, 6.07) is 0.542. The van der Waals surface area contributed by atoms with Crippen LogP contribution >= 0.6 is 0 Å². The SMILES string of the molecule is COCCCC(NN)C1C2CCCC21. The van der Waals surface area contributed by atoms with Crippen LogP contribution in [0.2, 0.25) is 0 Å². The molecule has 0 saturated heterocycles. The Morgan fingerprint density at radius 3 is 2.71 bits per heavy atom. The smallest absolute Gasteiger partial charge is 0.0462 e. The number of fused-ring (bicyclic) bond motifs is 1. The molecule has 2 aliphatic rings. The van der Waals surface area contributed by atoms with Crippen LogP contribution < -0.4 is 11.3 Å². The Balaban J connectivity index is 1.71. The van der Waals surface area contributed by atoms with E-state index in [-0.39, 0.29) is 0 Å². The summed E-state index contributed by atoms with van der Waals surface area (Å²) in [6.07, 6.45) is 6.63. The van der Waals surface area contributed by atoms with Gasteiger partial charge in [-0.15, -0.1) is 0 Å². The van der Waals surface area contributed by atoms with Crippen molar-refractivity contribution in [2.75, 3.05) is 13.7 Å². The van der Waals surface area contributed by atoms with E-state index in [2.05, 4.69) is 5.43 Å². The second-order valence-electron chi connectivity index (χ2n) is 4.74. The summed E-state index contributed by atoms with van der Waals surface area (Å²) < 4.78 is 5.06. The van der Waals surface area contributed by atoms with Crippen molar-refractivity contribution < 1.29 is 4.74 Å². The van der Waals surface area contributed by atoms with E-state index in [0.29, 0.717) is 6.04 Å². The van der Waals surface area contributed by atoms with Gasteiger partial charge in [0.25, 0.3) is 0 Å². The number of hydrogen-bond acceptors (Lipinski definition) is 3. The quantitative estimate of drug-likeness (QED) is 0.384. The van der Waals surface area contributed by atoms with Gasteiger partial charge in [-0.05, 0) is 43.4 Å². The Hall–Kier alpha value is -0.120. The summed E-state index contributed by atoms with van der Waals surface area (Å²) in [7, 11) is 1.76. The summed E-state index contributed by atoms with van der Waals surface area (Å²) in [5.74, 6) is 8.49. The molecule has 2 rings (SSSR count). The number of rotatable bonds is 6. The van der Waals surface area contributed by atoms with Crippen molar-refractivity contribution in [3.63, 3.8) is 0 Å². The number of ether oxygens (including phenoxy) is 1. The van der Waals surface area contributed by atoms with Gasteiger partial charge in [0.05, 0.1) is 0 Å². The molecule has 0 aliphatic heterocycles. The van der Waals surface area contributed by atoms with Crippen LogP contribution in [0.15, 0.2) is 0 Å². The molecule has 0 heterocycles. The van der Waals surface area contributed by atoms with Gasteiger partial charge < -0.3 is 4.74 Å². The largest absolute Gasteiger partial charge is 0.385 e. The van der Waals surface area contributed by atoms with Crippen LogP contribution in [-0.4, -0.2) is 19.8 Å². The Morgan fingerprint density at radius 1 is 1.43 bits per heavy atom. The Kier molecular flexibility index (Phi) is 3.42. The molecule has 3 atom stereocenters. The number of nitrogens with two attached hydrogens (primary N) is 1. The first kappa shape index (κ1) is 10.4. The molecule has 3 N–H and O–H groups in total. The third-order valence-electron chi connectivity index (χ3n) is 4.02. The minimum Gasteiger partial charge on any atom is -0.385 e. The predicted molar refractivity (Wildman–Crippen MR) is 56.5 cm³/mol. The second-order valence-corrected chi connectivity index (χ2v) is 4.74. The molecule has 0 aromatic heterocycles. The van der Waals surface area contributed by atoms with Gasteiger partial charge in [0.1, 0.15) is 0 Å². The number of hydrazine groups is 1. The summed E-state index contributed by atoms with van der Waals surface area (Å²) in [6.45, 7) is 0.861. The maximum absolute atomic E-state index is 5.61. The third-order valence-corrected chi connectivity index (χ3v) is 4.02. The van der Waals surface area contributed by atoms with Gasteiger partial charge in [-0.1, -0.05) is 6.42 Å². The summed E-state index contributed by atoms with van der Waals surface area (Å²) in [5.41, 5.74) is 3.00. The van der Waals surface area contributed by atoms with Crippen molar-refractivity contribution in [2.24, 2.45) is 23.6 Å². The van der Waals surface area contributed by atoms with Crippen molar-refractivity contribution in [2.45, 2.75) is 38.1 Å². The molecule has 0 amide bonds. The lowest BCUT2D eigenvalue weighted by atomic mass is 10.0. The standard InChI is InChI=1S/C11H22N2O/c1-14-7-3-6-10(13-12)11-8-4-2-5-9(8)11/h8-11,13H,2-7,12H2,1H3. The normalized spacial score (nSPS) is 36.9. The van der Waals surface area contributed by atoms with Gasteiger partial charge in [0.2, 0.25) is 0 Å². The maximum Gasteiger partial charge on any atom is 0.0462 e. The van der Waals surface area contributed by atoms with Crippen molar-refractivity contribution in [1.29, 1.82) is 0 Å². The molecule has 14 heavy (non-hydrogen) atoms. The van der Waals surface area contributed by atoms with E-state index < -0.39 is 0 Å². The Morgan fingerprint density at radius 2 is 2.14 bits per heavy atom. The zero-order valence-corrected chi connectivity index (χ0v) is 9.04. The molecule has 3 nitrogen and oxygen atoms in total. The average Bonchev–Trinajstić information content (AvgIpc) is 2.69. The lowest BCUT2D eigenvalue weighted by Gasteiger charge is -2.17. The van der Waals surface area contributed by atoms with Crippen LogP contribution in [0.4, 0.5) is 0 Å². The van der Waals surface area contributed by atoms with Crippen molar-refractivity contribution in [1.82, 2.24) is 5.43 Å². The molecule has 2 aliphatic carbocycles. The highest BCUT2D eigenvalue weighted by molar-refractivity contribution is 5.05. The van der Waals surface area contributed by atoms with Crippen molar-refractivity contribution in [3.8, 4) is 0 Å².